The van der Waals surface area contributed by atoms with Crippen molar-refractivity contribution in [1.82, 2.24) is 4.98 Å². The Morgan fingerprint density at radius 3 is 3.11 bits per heavy atom. The van der Waals surface area contributed by atoms with E-state index in [9.17, 15) is 0 Å². The Morgan fingerprint density at radius 2 is 2.67 bits per heavy atom. The van der Waals surface area contributed by atoms with Crippen molar-refractivity contribution in [2.45, 2.75) is 6.10 Å². The smallest absolute Gasteiger partial charge is 0.159 e. The zero-order valence-corrected chi connectivity index (χ0v) is 6.91. The van der Waals surface area contributed by atoms with Crippen molar-refractivity contribution in [3.05, 3.63) is 15.0 Å². The summed E-state index contributed by atoms with van der Waals surface area (Å²) in [6.07, 6.45) is 0.299. The predicted octanol–water partition coefficient (Wildman–Crippen LogP) is 1.98. The number of ether oxygens (including phenoxy) is 1. The number of rotatable bonds is 1. The van der Waals surface area contributed by atoms with E-state index in [0.29, 0.717) is 6.10 Å². The Hall–Kier alpha value is 0.0700. The molecule has 2 nitrogen and oxygen atoms in total. The van der Waals surface area contributed by atoms with Gasteiger partial charge in [-0.05, 0) is 15.9 Å². The lowest BCUT2D eigenvalue weighted by molar-refractivity contribution is 0.412. The van der Waals surface area contributed by atoms with Crippen LogP contribution in [0.5, 0.6) is 0 Å². The number of halogens is 1. The lowest BCUT2D eigenvalue weighted by atomic mass is 10.4. The van der Waals surface area contributed by atoms with Gasteiger partial charge in [0.15, 0.2) is 3.92 Å². The number of aromatic nitrogens is 1. The maximum absolute atomic E-state index is 5.03. The van der Waals surface area contributed by atoms with Crippen molar-refractivity contribution in [3.63, 3.8) is 0 Å². The molecule has 0 spiro atoms. The van der Waals surface area contributed by atoms with E-state index >= 15 is 0 Å². The fraction of sp³-hybridized carbons (Fsp3) is 0.400. The summed E-state index contributed by atoms with van der Waals surface area (Å²) in [5, 5.41) is 2.02. The van der Waals surface area contributed by atoms with E-state index in [-0.39, 0.29) is 0 Å². The maximum atomic E-state index is 5.03. The minimum absolute atomic E-state index is 0.299. The van der Waals surface area contributed by atoms with E-state index in [4.69, 9.17) is 4.74 Å². The Kier molecular flexibility index (Phi) is 1.32. The van der Waals surface area contributed by atoms with Crippen molar-refractivity contribution >= 4 is 27.3 Å². The number of hydrogen-bond acceptors (Lipinski definition) is 3. The average Bonchev–Trinajstić information content (AvgIpc) is 2.58. The molecule has 0 radical (unpaired) electrons. The molecular formula is C5H4BrNOS. The highest BCUT2D eigenvalue weighted by Gasteiger charge is 2.26. The standard InChI is InChI=1S/C5H4BrNOS/c6-5-7-3(2-9-5)4-1-8-4/h2,4H,1H2. The van der Waals surface area contributed by atoms with Crippen LogP contribution < -0.4 is 0 Å². The highest BCUT2D eigenvalue weighted by molar-refractivity contribution is 9.11. The zero-order valence-electron chi connectivity index (χ0n) is 4.50. The zero-order chi connectivity index (χ0) is 6.27. The molecule has 48 valence electrons. The van der Waals surface area contributed by atoms with Gasteiger partial charge < -0.3 is 4.74 Å². The van der Waals surface area contributed by atoms with Gasteiger partial charge in [-0.2, -0.15) is 0 Å². The summed E-state index contributed by atoms with van der Waals surface area (Å²) in [5.41, 5.74) is 1.06. The topological polar surface area (TPSA) is 25.4 Å². The molecule has 2 rings (SSSR count). The summed E-state index contributed by atoms with van der Waals surface area (Å²) in [4.78, 5) is 4.18. The molecule has 4 heteroatoms. The Balaban J connectivity index is 2.28. The molecule has 0 aliphatic carbocycles. The van der Waals surface area contributed by atoms with Gasteiger partial charge in [0.25, 0.3) is 0 Å². The van der Waals surface area contributed by atoms with Gasteiger partial charge in [0.1, 0.15) is 6.10 Å². The third-order valence-electron chi connectivity index (χ3n) is 1.16. The lowest BCUT2D eigenvalue weighted by Crippen LogP contribution is -1.76. The van der Waals surface area contributed by atoms with Crippen LogP contribution >= 0.6 is 27.3 Å². The third-order valence-corrected chi connectivity index (χ3v) is 2.54. The van der Waals surface area contributed by atoms with Crippen LogP contribution in [0.1, 0.15) is 11.8 Å². The van der Waals surface area contributed by atoms with Crippen LogP contribution in [-0.2, 0) is 4.74 Å². The van der Waals surface area contributed by atoms with E-state index < -0.39 is 0 Å². The number of hydrogen-bond donors (Lipinski definition) is 0. The summed E-state index contributed by atoms with van der Waals surface area (Å²) in [6.45, 7) is 0.843. The Morgan fingerprint density at radius 1 is 1.89 bits per heavy atom. The molecule has 9 heavy (non-hydrogen) atoms. The van der Waals surface area contributed by atoms with E-state index in [0.717, 1.165) is 16.2 Å². The molecule has 1 atom stereocenters. The van der Waals surface area contributed by atoms with E-state index in [2.05, 4.69) is 20.9 Å². The molecule has 2 heterocycles. The highest BCUT2D eigenvalue weighted by atomic mass is 79.9. The van der Waals surface area contributed by atoms with Gasteiger partial charge in [0.2, 0.25) is 0 Å². The quantitative estimate of drug-likeness (QED) is 0.656. The van der Waals surface area contributed by atoms with Crippen LogP contribution in [-0.4, -0.2) is 11.6 Å². The molecule has 1 aromatic heterocycles. The van der Waals surface area contributed by atoms with Crippen molar-refractivity contribution in [2.75, 3.05) is 6.61 Å². The molecule has 0 aromatic carbocycles. The summed E-state index contributed by atoms with van der Waals surface area (Å²) in [6, 6.07) is 0. The van der Waals surface area contributed by atoms with Crippen LogP contribution in [0.25, 0.3) is 0 Å². The molecule has 0 N–H and O–H groups in total. The molecule has 1 aromatic rings. The average molecular weight is 206 g/mol. The normalized spacial score (nSPS) is 24.3. The van der Waals surface area contributed by atoms with Crippen LogP contribution in [0, 0.1) is 0 Å². The molecule has 1 saturated heterocycles. The van der Waals surface area contributed by atoms with Crippen LogP contribution in [0.15, 0.2) is 9.30 Å². The molecule has 1 aliphatic rings. The lowest BCUT2D eigenvalue weighted by Gasteiger charge is -1.79. The first kappa shape index (κ1) is 5.82. The minimum atomic E-state index is 0.299. The SMILES string of the molecule is Brc1nc(C2CO2)cs1. The summed E-state index contributed by atoms with van der Waals surface area (Å²) in [5.74, 6) is 0. The summed E-state index contributed by atoms with van der Waals surface area (Å²) in [7, 11) is 0. The second kappa shape index (κ2) is 2.04. The first-order valence-corrected chi connectivity index (χ1v) is 4.26. The monoisotopic (exact) mass is 205 g/mol. The maximum Gasteiger partial charge on any atom is 0.159 e. The molecule has 0 bridgehead atoms. The second-order valence-corrected chi connectivity index (χ2v) is 3.98. The fourth-order valence-corrected chi connectivity index (χ4v) is 1.70. The van der Waals surface area contributed by atoms with Crippen molar-refractivity contribution in [1.29, 1.82) is 0 Å². The van der Waals surface area contributed by atoms with Crippen LogP contribution in [0.4, 0.5) is 0 Å². The Bertz CT molecular complexity index is 220. The van der Waals surface area contributed by atoms with Crippen molar-refractivity contribution in [2.24, 2.45) is 0 Å². The van der Waals surface area contributed by atoms with Gasteiger partial charge in [0, 0.05) is 5.38 Å². The van der Waals surface area contributed by atoms with E-state index in [1.54, 1.807) is 11.3 Å². The largest absolute Gasteiger partial charge is 0.366 e. The molecule has 1 unspecified atom stereocenters. The molecular weight excluding hydrogens is 202 g/mol. The van der Waals surface area contributed by atoms with Crippen molar-refractivity contribution < 1.29 is 4.74 Å². The van der Waals surface area contributed by atoms with E-state index in [1.807, 2.05) is 5.38 Å². The Labute approximate surface area is 65.0 Å². The molecule has 0 amide bonds. The van der Waals surface area contributed by atoms with Gasteiger partial charge in [-0.1, -0.05) is 0 Å². The second-order valence-electron chi connectivity index (χ2n) is 1.85. The van der Waals surface area contributed by atoms with Gasteiger partial charge in [-0.3, -0.25) is 0 Å². The van der Waals surface area contributed by atoms with E-state index in [1.165, 1.54) is 0 Å². The molecule has 0 saturated carbocycles. The molecule has 1 fully saturated rings. The first-order valence-electron chi connectivity index (χ1n) is 2.59. The van der Waals surface area contributed by atoms with Gasteiger partial charge in [0.05, 0.1) is 12.3 Å². The van der Waals surface area contributed by atoms with Gasteiger partial charge in [-0.25, -0.2) is 4.98 Å². The first-order chi connectivity index (χ1) is 4.36. The molecule has 1 aliphatic heterocycles. The van der Waals surface area contributed by atoms with Crippen LogP contribution in [0.2, 0.25) is 0 Å². The number of epoxide rings is 1. The predicted molar refractivity (Wildman–Crippen MR) is 38.5 cm³/mol. The number of nitrogens with zero attached hydrogens (tertiary/aromatic N) is 1. The summed E-state index contributed by atoms with van der Waals surface area (Å²) >= 11 is 4.88. The fourth-order valence-electron chi connectivity index (χ4n) is 0.630. The summed E-state index contributed by atoms with van der Waals surface area (Å²) < 4.78 is 5.97. The van der Waals surface area contributed by atoms with Gasteiger partial charge >= 0.3 is 0 Å². The number of thiazole rings is 1. The van der Waals surface area contributed by atoms with Crippen LogP contribution in [0.3, 0.4) is 0 Å². The highest BCUT2D eigenvalue weighted by Crippen LogP contribution is 2.31. The van der Waals surface area contributed by atoms with Crippen molar-refractivity contribution in [3.8, 4) is 0 Å². The van der Waals surface area contributed by atoms with Gasteiger partial charge in [-0.15, -0.1) is 11.3 Å². The third kappa shape index (κ3) is 1.15. The minimum Gasteiger partial charge on any atom is -0.366 e.